The molecule has 0 saturated carbocycles. The van der Waals surface area contributed by atoms with Crippen molar-refractivity contribution in [2.75, 3.05) is 20.1 Å². The predicted molar refractivity (Wildman–Crippen MR) is 76.1 cm³/mol. The second kappa shape index (κ2) is 9.89. The molecule has 0 fully saturated rings. The average molecular weight is 325 g/mol. The van der Waals surface area contributed by atoms with E-state index in [1.165, 1.54) is 14.0 Å². The van der Waals surface area contributed by atoms with Gasteiger partial charge in [0, 0.05) is 13.5 Å². The van der Waals surface area contributed by atoms with E-state index in [9.17, 15) is 14.2 Å². The number of methoxy groups -OCH3 is 1. The number of carboxylic acids is 1. The van der Waals surface area contributed by atoms with Gasteiger partial charge in [0.15, 0.2) is 0 Å². The zero-order valence-electron chi connectivity index (χ0n) is 12.8. The van der Waals surface area contributed by atoms with E-state index in [0.29, 0.717) is 0 Å². The minimum atomic E-state index is -3.40. The van der Waals surface area contributed by atoms with Crippen LogP contribution in [0.2, 0.25) is 0 Å². The molecule has 0 aromatic rings. The molecular formula is C12H24NO7P. The molecule has 0 heterocycles. The van der Waals surface area contributed by atoms with Crippen LogP contribution in [0.4, 0.5) is 0 Å². The van der Waals surface area contributed by atoms with Crippen molar-refractivity contribution < 1.29 is 33.3 Å². The van der Waals surface area contributed by atoms with Crippen LogP contribution in [0.5, 0.6) is 0 Å². The largest absolute Gasteiger partial charge is 0.481 e. The molecule has 0 aliphatic rings. The number of carbonyl (C=O) groups excluding carboxylic acids is 1. The molecule has 9 heteroatoms. The van der Waals surface area contributed by atoms with Crippen LogP contribution in [0, 0.1) is 0 Å². The molecule has 8 nitrogen and oxygen atoms in total. The summed E-state index contributed by atoms with van der Waals surface area (Å²) in [7, 11) is -2.05. The van der Waals surface area contributed by atoms with Gasteiger partial charge in [-0.25, -0.2) is 5.09 Å². The molecule has 124 valence electrons. The molecule has 0 radical (unpaired) electrons. The van der Waals surface area contributed by atoms with E-state index < -0.39 is 25.5 Å². The Balaban J connectivity index is 4.46. The smallest absolute Gasteiger partial charge is 0.323 e. The number of carboxylic acid groups (broad SMARTS) is 1. The summed E-state index contributed by atoms with van der Waals surface area (Å²) in [5.41, 5.74) is 0. The van der Waals surface area contributed by atoms with Crippen LogP contribution < -0.4 is 5.09 Å². The number of carbonyl (C=O) groups is 2. The Morgan fingerprint density at radius 1 is 1.29 bits per heavy atom. The molecule has 0 aromatic carbocycles. The minimum absolute atomic E-state index is 0.00805. The Labute approximate surface area is 124 Å². The molecule has 1 unspecified atom stereocenters. The van der Waals surface area contributed by atoms with Gasteiger partial charge < -0.3 is 19.1 Å². The number of hydrogen-bond acceptors (Lipinski definition) is 6. The van der Waals surface area contributed by atoms with Crippen molar-refractivity contribution >= 4 is 19.5 Å². The average Bonchev–Trinajstić information content (AvgIpc) is 2.34. The third-order valence-corrected chi connectivity index (χ3v) is 4.21. The summed E-state index contributed by atoms with van der Waals surface area (Å²) in [6, 6.07) is -0.826. The monoisotopic (exact) mass is 325 g/mol. The van der Waals surface area contributed by atoms with Crippen LogP contribution in [-0.4, -0.2) is 49.3 Å². The fraction of sp³-hybridized carbons (Fsp3) is 0.833. The number of nitrogens with one attached hydrogen (secondary N) is 1. The van der Waals surface area contributed by atoms with Crippen molar-refractivity contribution in [3.8, 4) is 0 Å². The van der Waals surface area contributed by atoms with Crippen molar-refractivity contribution in [2.45, 2.75) is 45.8 Å². The van der Waals surface area contributed by atoms with E-state index in [1.807, 2.05) is 0 Å². The van der Waals surface area contributed by atoms with Crippen molar-refractivity contribution in [2.24, 2.45) is 0 Å². The van der Waals surface area contributed by atoms with Gasteiger partial charge in [0.05, 0.1) is 12.7 Å². The summed E-state index contributed by atoms with van der Waals surface area (Å²) in [6.07, 6.45) is -0.368. The normalized spacial score (nSPS) is 15.5. The maximum Gasteiger partial charge on any atom is 0.323 e. The van der Waals surface area contributed by atoms with Gasteiger partial charge in [0.25, 0.3) is 7.52 Å². The summed E-state index contributed by atoms with van der Waals surface area (Å²) in [5, 5.41) is 11.1. The Hall–Kier alpha value is -0.950. The first-order valence-electron chi connectivity index (χ1n) is 6.63. The molecule has 2 atom stereocenters. The standard InChI is InChI=1S/C12H24NO7P/c1-9(2)20-12(16)10(3)13-21(17,8-18-4)19-7-5-6-11(14)15/h9-10H,5-8H2,1-4H3,(H,13,17)(H,14,15)/t10-,21?/m0/s1. The van der Waals surface area contributed by atoms with Crippen LogP contribution in [0.15, 0.2) is 0 Å². The summed E-state index contributed by atoms with van der Waals surface area (Å²) in [6.45, 7) is 4.92. The summed E-state index contributed by atoms with van der Waals surface area (Å²) in [5.74, 6) is -1.50. The van der Waals surface area contributed by atoms with E-state index >= 15 is 0 Å². The van der Waals surface area contributed by atoms with Crippen LogP contribution in [-0.2, 0) is 28.2 Å². The molecule has 0 aromatic heterocycles. The second-order valence-electron chi connectivity index (χ2n) is 4.76. The molecule has 0 aliphatic heterocycles. The highest BCUT2D eigenvalue weighted by Gasteiger charge is 2.29. The highest BCUT2D eigenvalue weighted by atomic mass is 31.2. The summed E-state index contributed by atoms with van der Waals surface area (Å²) >= 11 is 0. The lowest BCUT2D eigenvalue weighted by Gasteiger charge is -2.22. The van der Waals surface area contributed by atoms with Crippen LogP contribution in [0.25, 0.3) is 0 Å². The number of rotatable bonds is 11. The first-order valence-corrected chi connectivity index (χ1v) is 8.44. The molecule has 0 amide bonds. The van der Waals surface area contributed by atoms with Crippen LogP contribution >= 0.6 is 7.52 Å². The Kier molecular flexibility index (Phi) is 9.44. The van der Waals surface area contributed by atoms with E-state index in [2.05, 4.69) is 5.09 Å². The lowest BCUT2D eigenvalue weighted by Crippen LogP contribution is -2.36. The molecule has 0 aliphatic carbocycles. The zero-order valence-corrected chi connectivity index (χ0v) is 13.7. The van der Waals surface area contributed by atoms with Gasteiger partial charge >= 0.3 is 11.9 Å². The lowest BCUT2D eigenvalue weighted by atomic mass is 10.3. The van der Waals surface area contributed by atoms with Gasteiger partial charge in [-0.3, -0.25) is 14.2 Å². The maximum atomic E-state index is 12.4. The van der Waals surface area contributed by atoms with Crippen molar-refractivity contribution in [1.82, 2.24) is 5.09 Å². The van der Waals surface area contributed by atoms with Gasteiger partial charge in [-0.15, -0.1) is 0 Å². The van der Waals surface area contributed by atoms with E-state index in [0.717, 1.165) is 0 Å². The fourth-order valence-corrected chi connectivity index (χ4v) is 3.08. The van der Waals surface area contributed by atoms with Gasteiger partial charge in [0.1, 0.15) is 12.4 Å². The lowest BCUT2D eigenvalue weighted by molar-refractivity contribution is -0.149. The number of aliphatic carboxylic acids is 1. The topological polar surface area (TPSA) is 111 Å². The first kappa shape index (κ1) is 20.1. The minimum Gasteiger partial charge on any atom is -0.481 e. The SMILES string of the molecule is COCP(=O)(N[C@@H](C)C(=O)OC(C)C)OCCCC(=O)O. The maximum absolute atomic E-state index is 12.4. The molecule has 2 N–H and O–H groups in total. The molecule has 0 spiro atoms. The number of esters is 1. The number of ether oxygens (including phenoxy) is 2. The van der Waals surface area contributed by atoms with Crippen molar-refractivity contribution in [1.29, 1.82) is 0 Å². The van der Waals surface area contributed by atoms with Gasteiger partial charge in [-0.1, -0.05) is 0 Å². The van der Waals surface area contributed by atoms with Crippen molar-refractivity contribution in [3.63, 3.8) is 0 Å². The van der Waals surface area contributed by atoms with Crippen LogP contribution in [0.1, 0.15) is 33.6 Å². The second-order valence-corrected chi connectivity index (χ2v) is 6.88. The van der Waals surface area contributed by atoms with Gasteiger partial charge in [-0.05, 0) is 27.2 Å². The Morgan fingerprint density at radius 2 is 1.90 bits per heavy atom. The summed E-state index contributed by atoms with van der Waals surface area (Å²) in [4.78, 5) is 22.1. The molecule has 0 bridgehead atoms. The van der Waals surface area contributed by atoms with Gasteiger partial charge in [-0.2, -0.15) is 0 Å². The van der Waals surface area contributed by atoms with Crippen LogP contribution in [0.3, 0.4) is 0 Å². The number of hydrogen-bond donors (Lipinski definition) is 2. The Bertz CT molecular complexity index is 386. The Morgan fingerprint density at radius 3 is 2.38 bits per heavy atom. The van der Waals surface area contributed by atoms with E-state index in [1.54, 1.807) is 13.8 Å². The summed E-state index contributed by atoms with van der Waals surface area (Å²) < 4.78 is 27.5. The highest BCUT2D eigenvalue weighted by Crippen LogP contribution is 2.42. The van der Waals surface area contributed by atoms with Gasteiger partial charge in [0.2, 0.25) is 0 Å². The molecule has 0 rings (SSSR count). The first-order chi connectivity index (χ1) is 9.70. The van der Waals surface area contributed by atoms with E-state index in [-0.39, 0.29) is 31.9 Å². The molecule has 21 heavy (non-hydrogen) atoms. The quantitative estimate of drug-likeness (QED) is 0.335. The van der Waals surface area contributed by atoms with Crippen molar-refractivity contribution in [3.05, 3.63) is 0 Å². The predicted octanol–water partition coefficient (Wildman–Crippen LogP) is 1.59. The third kappa shape index (κ3) is 9.57. The fourth-order valence-electron chi connectivity index (χ4n) is 1.40. The molecular weight excluding hydrogens is 301 g/mol. The zero-order chi connectivity index (χ0) is 16.5. The third-order valence-electron chi connectivity index (χ3n) is 2.23. The van der Waals surface area contributed by atoms with E-state index in [4.69, 9.17) is 19.1 Å². The molecule has 0 saturated heterocycles. The highest BCUT2D eigenvalue weighted by molar-refractivity contribution is 7.56.